The summed E-state index contributed by atoms with van der Waals surface area (Å²) in [4.78, 5) is 3.69. The van der Waals surface area contributed by atoms with Gasteiger partial charge in [0.25, 0.3) is 0 Å². The van der Waals surface area contributed by atoms with Crippen LogP contribution in [-0.2, 0) is 16.2 Å². The maximum atomic E-state index is 12.9. The predicted octanol–water partition coefficient (Wildman–Crippen LogP) is 2.55. The number of nitrogens with zero attached hydrogens (tertiary/aromatic N) is 3. The Labute approximate surface area is 160 Å². The molecule has 1 heterocycles. The van der Waals surface area contributed by atoms with E-state index >= 15 is 0 Å². The van der Waals surface area contributed by atoms with Crippen molar-refractivity contribution in [1.82, 2.24) is 0 Å². The lowest BCUT2D eigenvalue weighted by Gasteiger charge is -2.38. The summed E-state index contributed by atoms with van der Waals surface area (Å²) in [5.74, 6) is 0. The van der Waals surface area contributed by atoms with E-state index in [0.717, 1.165) is 12.1 Å². The molecule has 0 atom stereocenters. The van der Waals surface area contributed by atoms with Gasteiger partial charge in [-0.1, -0.05) is 12.1 Å². The van der Waals surface area contributed by atoms with Crippen LogP contribution in [0.25, 0.3) is 0 Å². The summed E-state index contributed by atoms with van der Waals surface area (Å²) in [6.07, 6.45) is -4.51. The highest BCUT2D eigenvalue weighted by Gasteiger charge is 2.32. The van der Waals surface area contributed by atoms with E-state index in [4.69, 9.17) is 5.14 Å². The molecule has 28 heavy (non-hydrogen) atoms. The fourth-order valence-corrected chi connectivity index (χ4v) is 3.98. The quantitative estimate of drug-likeness (QED) is 0.840. The second-order valence-electron chi connectivity index (χ2n) is 6.33. The minimum Gasteiger partial charge on any atom is -0.367 e. The Balaban J connectivity index is 1.81. The number of halogens is 3. The first kappa shape index (κ1) is 20.0. The van der Waals surface area contributed by atoms with E-state index in [9.17, 15) is 26.9 Å². The highest BCUT2D eigenvalue weighted by atomic mass is 32.2. The molecule has 6 nitrogen and oxygen atoms in total. The van der Waals surface area contributed by atoms with Crippen LogP contribution in [-0.4, -0.2) is 34.6 Å². The number of sulfonamides is 1. The first-order chi connectivity index (χ1) is 13.1. The number of nitrogens with two attached hydrogens (primary N) is 1. The zero-order chi connectivity index (χ0) is 20.5. The molecule has 2 aromatic carbocycles. The number of piperazine rings is 1. The highest BCUT2D eigenvalue weighted by Crippen LogP contribution is 2.33. The second-order valence-corrected chi connectivity index (χ2v) is 7.86. The van der Waals surface area contributed by atoms with Gasteiger partial charge in [0, 0.05) is 26.2 Å². The van der Waals surface area contributed by atoms with Gasteiger partial charge >= 0.3 is 6.18 Å². The third kappa shape index (κ3) is 4.05. The SMILES string of the molecule is N#Cc1cc(C(F)(F)F)ccc1N1CCN(c2ccccc2S(N)(=O)=O)CC1. The molecule has 0 unspecified atom stereocenters. The molecule has 1 saturated heterocycles. The molecular formula is C18H17F3N4O2S. The third-order valence-corrected chi connectivity index (χ3v) is 5.54. The number of alkyl halides is 3. The Morgan fingerprint density at radius 2 is 1.54 bits per heavy atom. The second kappa shape index (κ2) is 7.33. The van der Waals surface area contributed by atoms with Gasteiger partial charge in [0.15, 0.2) is 0 Å². The standard InChI is InChI=1S/C18H17F3N4O2S/c19-18(20,21)14-5-6-15(13(11-14)12-22)24-7-9-25(10-8-24)16-3-1-2-4-17(16)28(23,26)27/h1-6,11H,7-10H2,(H2,23,26,27). The molecule has 0 spiro atoms. The monoisotopic (exact) mass is 410 g/mol. The van der Waals surface area contributed by atoms with Crippen molar-refractivity contribution < 1.29 is 21.6 Å². The van der Waals surface area contributed by atoms with Crippen molar-refractivity contribution >= 4 is 21.4 Å². The van der Waals surface area contributed by atoms with Crippen LogP contribution < -0.4 is 14.9 Å². The zero-order valence-electron chi connectivity index (χ0n) is 14.6. The number of benzene rings is 2. The molecule has 0 aromatic heterocycles. The Hall–Kier alpha value is -2.77. The molecule has 2 N–H and O–H groups in total. The lowest BCUT2D eigenvalue weighted by molar-refractivity contribution is -0.137. The maximum absolute atomic E-state index is 12.9. The number of nitriles is 1. The molecule has 0 amide bonds. The van der Waals surface area contributed by atoms with Gasteiger partial charge in [-0.3, -0.25) is 0 Å². The fraction of sp³-hybridized carbons (Fsp3) is 0.278. The van der Waals surface area contributed by atoms with Crippen molar-refractivity contribution in [2.75, 3.05) is 36.0 Å². The highest BCUT2D eigenvalue weighted by molar-refractivity contribution is 7.89. The predicted molar refractivity (Wildman–Crippen MR) is 98.4 cm³/mol. The van der Waals surface area contributed by atoms with Crippen molar-refractivity contribution in [3.05, 3.63) is 53.6 Å². The molecule has 3 rings (SSSR count). The summed E-state index contributed by atoms with van der Waals surface area (Å²) in [6, 6.07) is 11.3. The van der Waals surface area contributed by atoms with E-state index in [-0.39, 0.29) is 10.5 Å². The third-order valence-electron chi connectivity index (χ3n) is 4.58. The Bertz CT molecular complexity index is 1020. The zero-order valence-corrected chi connectivity index (χ0v) is 15.5. The lowest BCUT2D eigenvalue weighted by Crippen LogP contribution is -2.47. The molecule has 148 valence electrons. The summed E-state index contributed by atoms with van der Waals surface area (Å²) in [7, 11) is -3.88. The molecule has 0 bridgehead atoms. The molecule has 1 fully saturated rings. The van der Waals surface area contributed by atoms with Crippen LogP contribution in [0.1, 0.15) is 11.1 Å². The van der Waals surface area contributed by atoms with Crippen molar-refractivity contribution in [2.24, 2.45) is 5.14 Å². The molecule has 2 aromatic rings. The minimum atomic E-state index is -4.51. The molecule has 10 heteroatoms. The van der Waals surface area contributed by atoms with Gasteiger partial charge in [-0.2, -0.15) is 18.4 Å². The average molecular weight is 410 g/mol. The first-order valence-corrected chi connectivity index (χ1v) is 9.89. The normalized spacial score (nSPS) is 15.4. The van der Waals surface area contributed by atoms with Crippen LogP contribution in [0.2, 0.25) is 0 Å². The summed E-state index contributed by atoms with van der Waals surface area (Å²) in [5, 5.41) is 14.5. The van der Waals surface area contributed by atoms with Gasteiger partial charge in [0.2, 0.25) is 10.0 Å². The van der Waals surface area contributed by atoms with Crippen molar-refractivity contribution in [3.8, 4) is 6.07 Å². The van der Waals surface area contributed by atoms with Crippen molar-refractivity contribution in [1.29, 1.82) is 5.26 Å². The van der Waals surface area contributed by atoms with Gasteiger partial charge in [-0.05, 0) is 30.3 Å². The molecule has 1 aliphatic rings. The van der Waals surface area contributed by atoms with Crippen LogP contribution >= 0.6 is 0 Å². The van der Waals surface area contributed by atoms with E-state index in [1.165, 1.54) is 12.1 Å². The molecule has 0 aliphatic carbocycles. The maximum Gasteiger partial charge on any atom is 0.416 e. The van der Waals surface area contributed by atoms with Crippen LogP contribution in [0.15, 0.2) is 47.4 Å². The van der Waals surface area contributed by atoms with Crippen LogP contribution in [0, 0.1) is 11.3 Å². The summed E-state index contributed by atoms with van der Waals surface area (Å²) in [6.45, 7) is 1.69. The number of anilines is 2. The van der Waals surface area contributed by atoms with Gasteiger partial charge in [-0.25, -0.2) is 13.6 Å². The van der Waals surface area contributed by atoms with Crippen LogP contribution in [0.4, 0.5) is 24.5 Å². The van der Waals surface area contributed by atoms with Gasteiger partial charge < -0.3 is 9.80 Å². The minimum absolute atomic E-state index is 0.0238. The molecule has 0 radical (unpaired) electrons. The van der Waals surface area contributed by atoms with Gasteiger partial charge in [-0.15, -0.1) is 0 Å². The van der Waals surface area contributed by atoms with E-state index in [0.29, 0.717) is 37.6 Å². The number of primary sulfonamides is 1. The van der Waals surface area contributed by atoms with E-state index < -0.39 is 21.8 Å². The lowest BCUT2D eigenvalue weighted by atomic mass is 10.1. The van der Waals surface area contributed by atoms with Crippen molar-refractivity contribution in [2.45, 2.75) is 11.1 Å². The molecule has 1 aliphatic heterocycles. The van der Waals surface area contributed by atoms with Gasteiger partial charge in [0.05, 0.1) is 22.5 Å². The van der Waals surface area contributed by atoms with Crippen LogP contribution in [0.5, 0.6) is 0 Å². The Morgan fingerprint density at radius 1 is 0.964 bits per heavy atom. The fourth-order valence-electron chi connectivity index (χ4n) is 3.22. The number of rotatable bonds is 3. The van der Waals surface area contributed by atoms with Crippen LogP contribution in [0.3, 0.4) is 0 Å². The number of hydrogen-bond acceptors (Lipinski definition) is 5. The molecule has 0 saturated carbocycles. The topological polar surface area (TPSA) is 90.4 Å². The summed E-state index contributed by atoms with van der Waals surface area (Å²) < 4.78 is 62.2. The average Bonchev–Trinajstić information content (AvgIpc) is 2.66. The van der Waals surface area contributed by atoms with Crippen molar-refractivity contribution in [3.63, 3.8) is 0 Å². The van der Waals surface area contributed by atoms with E-state index in [1.54, 1.807) is 18.2 Å². The number of para-hydroxylation sites is 1. The smallest absolute Gasteiger partial charge is 0.367 e. The van der Waals surface area contributed by atoms with E-state index in [1.807, 2.05) is 15.9 Å². The Kier molecular flexibility index (Phi) is 5.23. The largest absolute Gasteiger partial charge is 0.416 e. The number of hydrogen-bond donors (Lipinski definition) is 1. The summed E-state index contributed by atoms with van der Waals surface area (Å²) >= 11 is 0. The Morgan fingerprint density at radius 3 is 2.07 bits per heavy atom. The summed E-state index contributed by atoms with van der Waals surface area (Å²) in [5.41, 5.74) is -0.00538. The molecular weight excluding hydrogens is 393 g/mol. The first-order valence-electron chi connectivity index (χ1n) is 8.34. The van der Waals surface area contributed by atoms with Gasteiger partial charge in [0.1, 0.15) is 11.0 Å². The van der Waals surface area contributed by atoms with E-state index in [2.05, 4.69) is 0 Å².